The Morgan fingerprint density at radius 3 is 2.94 bits per heavy atom. The van der Waals surface area contributed by atoms with E-state index < -0.39 is 0 Å². The van der Waals surface area contributed by atoms with E-state index in [2.05, 4.69) is 17.1 Å². The minimum atomic E-state index is 0.649. The summed E-state index contributed by atoms with van der Waals surface area (Å²) in [5.74, 6) is 0. The molecule has 0 bridgehead atoms. The van der Waals surface area contributed by atoms with Crippen LogP contribution >= 0.6 is 12.2 Å². The molecule has 0 aromatic heterocycles. The van der Waals surface area contributed by atoms with Gasteiger partial charge in [-0.15, -0.1) is 0 Å². The number of thiocarbonyl (C=S) groups is 1. The summed E-state index contributed by atoms with van der Waals surface area (Å²) in [6.07, 6.45) is 6.13. The van der Waals surface area contributed by atoms with Crippen LogP contribution in [0.5, 0.6) is 0 Å². The monoisotopic (exact) mass is 258 g/mol. The molecule has 1 rings (SSSR count). The summed E-state index contributed by atoms with van der Waals surface area (Å²) in [4.78, 5) is 2.37. The predicted molar refractivity (Wildman–Crippen MR) is 76.3 cm³/mol. The number of nitrogens with zero attached hydrogens (tertiary/aromatic N) is 1. The largest absolute Gasteiger partial charge is 0.382 e. The van der Waals surface area contributed by atoms with Gasteiger partial charge in [0.2, 0.25) is 0 Å². The first-order valence-electron chi connectivity index (χ1n) is 6.91. The zero-order valence-electron chi connectivity index (χ0n) is 11.2. The van der Waals surface area contributed by atoms with Crippen LogP contribution in [-0.2, 0) is 4.74 Å². The van der Waals surface area contributed by atoms with Crippen molar-refractivity contribution in [3.63, 3.8) is 0 Å². The van der Waals surface area contributed by atoms with Crippen molar-refractivity contribution < 1.29 is 4.74 Å². The van der Waals surface area contributed by atoms with Crippen LogP contribution in [0.3, 0.4) is 0 Å². The third-order valence-electron chi connectivity index (χ3n) is 3.31. The molecule has 0 aromatic rings. The first-order chi connectivity index (χ1) is 8.29. The zero-order valence-corrected chi connectivity index (χ0v) is 12.0. The number of likely N-dealkylation sites (tertiary alicyclic amines) is 1. The molecule has 1 aliphatic rings. The Morgan fingerprint density at radius 1 is 1.41 bits per heavy atom. The summed E-state index contributed by atoms with van der Waals surface area (Å²) in [6, 6.07) is 0.649. The Balaban J connectivity index is 2.20. The van der Waals surface area contributed by atoms with Crippen molar-refractivity contribution in [3.8, 4) is 0 Å². The second kappa shape index (κ2) is 8.70. The fraction of sp³-hybridized carbons (Fsp3) is 0.923. The van der Waals surface area contributed by atoms with Crippen molar-refractivity contribution in [2.75, 3.05) is 26.3 Å². The number of rotatable bonds is 6. The number of hydrogen-bond donors (Lipinski definition) is 1. The zero-order chi connectivity index (χ0) is 12.5. The van der Waals surface area contributed by atoms with Crippen LogP contribution in [-0.4, -0.2) is 42.4 Å². The van der Waals surface area contributed by atoms with Crippen molar-refractivity contribution >= 4 is 17.3 Å². The van der Waals surface area contributed by atoms with Crippen molar-refractivity contribution in [1.82, 2.24) is 10.2 Å². The van der Waals surface area contributed by atoms with Crippen LogP contribution in [0.1, 0.15) is 46.0 Å². The van der Waals surface area contributed by atoms with Gasteiger partial charge in [-0.05, 0) is 51.2 Å². The fourth-order valence-corrected chi connectivity index (χ4v) is 2.65. The van der Waals surface area contributed by atoms with Crippen molar-refractivity contribution in [2.45, 2.75) is 52.0 Å². The predicted octanol–water partition coefficient (Wildman–Crippen LogP) is 2.55. The summed E-state index contributed by atoms with van der Waals surface area (Å²) in [5.41, 5.74) is 0. The van der Waals surface area contributed by atoms with E-state index in [1.807, 2.05) is 6.92 Å². The van der Waals surface area contributed by atoms with Gasteiger partial charge in [-0.1, -0.05) is 6.92 Å². The normalized spacial score (nSPS) is 20.4. The van der Waals surface area contributed by atoms with Crippen LogP contribution in [0.2, 0.25) is 0 Å². The molecule has 1 saturated heterocycles. The lowest BCUT2D eigenvalue weighted by atomic mass is 10.0. The molecule has 1 fully saturated rings. The highest BCUT2D eigenvalue weighted by Crippen LogP contribution is 2.19. The fourth-order valence-electron chi connectivity index (χ4n) is 2.31. The molecular weight excluding hydrogens is 232 g/mol. The smallest absolute Gasteiger partial charge is 0.169 e. The van der Waals surface area contributed by atoms with Gasteiger partial charge in [-0.2, -0.15) is 0 Å². The van der Waals surface area contributed by atoms with E-state index in [1.165, 1.54) is 25.7 Å². The third kappa shape index (κ3) is 5.21. The SMILES string of the molecule is CCOCCCNC(=S)N1CCCCC1CC. The highest BCUT2D eigenvalue weighted by Gasteiger charge is 2.22. The van der Waals surface area contributed by atoms with E-state index in [0.29, 0.717) is 6.04 Å². The maximum atomic E-state index is 5.47. The lowest BCUT2D eigenvalue weighted by molar-refractivity contribution is 0.145. The van der Waals surface area contributed by atoms with Gasteiger partial charge in [0.25, 0.3) is 0 Å². The summed E-state index contributed by atoms with van der Waals surface area (Å²) in [7, 11) is 0. The highest BCUT2D eigenvalue weighted by atomic mass is 32.1. The Bertz CT molecular complexity index is 223. The topological polar surface area (TPSA) is 24.5 Å². The molecule has 1 N–H and O–H groups in total. The molecule has 0 spiro atoms. The van der Waals surface area contributed by atoms with Crippen molar-refractivity contribution in [1.29, 1.82) is 0 Å². The average Bonchev–Trinajstić information content (AvgIpc) is 2.38. The highest BCUT2D eigenvalue weighted by molar-refractivity contribution is 7.80. The van der Waals surface area contributed by atoms with E-state index in [0.717, 1.165) is 37.8 Å². The molecule has 1 unspecified atom stereocenters. The summed E-state index contributed by atoms with van der Waals surface area (Å²) >= 11 is 5.47. The first kappa shape index (κ1) is 14.7. The minimum Gasteiger partial charge on any atom is -0.382 e. The minimum absolute atomic E-state index is 0.649. The average molecular weight is 258 g/mol. The molecule has 0 saturated carbocycles. The summed E-state index contributed by atoms with van der Waals surface area (Å²) in [5, 5.41) is 4.29. The van der Waals surface area contributed by atoms with Gasteiger partial charge < -0.3 is 15.0 Å². The van der Waals surface area contributed by atoms with Crippen LogP contribution in [0.4, 0.5) is 0 Å². The molecule has 0 aliphatic carbocycles. The van der Waals surface area contributed by atoms with Gasteiger partial charge in [0.05, 0.1) is 0 Å². The molecule has 0 aromatic carbocycles. The van der Waals surface area contributed by atoms with E-state index >= 15 is 0 Å². The molecule has 1 atom stereocenters. The first-order valence-corrected chi connectivity index (χ1v) is 7.32. The number of hydrogen-bond acceptors (Lipinski definition) is 2. The van der Waals surface area contributed by atoms with Gasteiger partial charge >= 0.3 is 0 Å². The molecule has 0 radical (unpaired) electrons. The Kier molecular flexibility index (Phi) is 7.53. The molecular formula is C13H26N2OS. The van der Waals surface area contributed by atoms with E-state index in [4.69, 9.17) is 17.0 Å². The van der Waals surface area contributed by atoms with Gasteiger partial charge in [-0.3, -0.25) is 0 Å². The van der Waals surface area contributed by atoms with E-state index in [-0.39, 0.29) is 0 Å². The van der Waals surface area contributed by atoms with Crippen LogP contribution in [0, 0.1) is 0 Å². The van der Waals surface area contributed by atoms with Crippen molar-refractivity contribution in [2.24, 2.45) is 0 Å². The maximum absolute atomic E-state index is 5.47. The standard InChI is InChI=1S/C13H26N2OS/c1-3-12-8-5-6-10-15(12)13(17)14-9-7-11-16-4-2/h12H,3-11H2,1-2H3,(H,14,17). The van der Waals surface area contributed by atoms with Crippen molar-refractivity contribution in [3.05, 3.63) is 0 Å². The van der Waals surface area contributed by atoms with Crippen LogP contribution < -0.4 is 5.32 Å². The molecule has 100 valence electrons. The molecule has 0 amide bonds. The number of nitrogens with one attached hydrogen (secondary N) is 1. The lowest BCUT2D eigenvalue weighted by Gasteiger charge is -2.37. The Hall–Kier alpha value is -0.350. The molecule has 4 heteroatoms. The summed E-state index contributed by atoms with van der Waals surface area (Å²) in [6.45, 7) is 7.94. The Labute approximate surface area is 111 Å². The second-order valence-corrected chi connectivity index (χ2v) is 4.92. The molecule has 17 heavy (non-hydrogen) atoms. The number of piperidine rings is 1. The third-order valence-corrected chi connectivity index (χ3v) is 3.68. The number of ether oxygens (including phenoxy) is 1. The van der Waals surface area contributed by atoms with Gasteiger partial charge in [0.1, 0.15) is 0 Å². The lowest BCUT2D eigenvalue weighted by Crippen LogP contribution is -2.48. The molecule has 1 aliphatic heterocycles. The van der Waals surface area contributed by atoms with E-state index in [9.17, 15) is 0 Å². The Morgan fingerprint density at radius 2 is 2.24 bits per heavy atom. The maximum Gasteiger partial charge on any atom is 0.169 e. The molecule has 3 nitrogen and oxygen atoms in total. The summed E-state index contributed by atoms with van der Waals surface area (Å²) < 4.78 is 5.31. The van der Waals surface area contributed by atoms with E-state index in [1.54, 1.807) is 0 Å². The van der Waals surface area contributed by atoms with Gasteiger partial charge in [0.15, 0.2) is 5.11 Å². The van der Waals surface area contributed by atoms with Gasteiger partial charge in [-0.25, -0.2) is 0 Å². The molecule has 1 heterocycles. The van der Waals surface area contributed by atoms with Crippen LogP contribution in [0.15, 0.2) is 0 Å². The van der Waals surface area contributed by atoms with Gasteiger partial charge in [0, 0.05) is 32.3 Å². The second-order valence-electron chi connectivity index (χ2n) is 4.53. The quantitative estimate of drug-likeness (QED) is 0.584. The van der Waals surface area contributed by atoms with Crippen LogP contribution in [0.25, 0.3) is 0 Å².